The number of carbonyl (C=O) groups excluding carboxylic acids is 1. The average Bonchev–Trinajstić information content (AvgIpc) is 2.44. The van der Waals surface area contributed by atoms with Crippen LogP contribution in [0.5, 0.6) is 5.75 Å². The van der Waals surface area contributed by atoms with Crippen molar-refractivity contribution < 1.29 is 18.3 Å². The molecule has 0 bridgehead atoms. The van der Waals surface area contributed by atoms with E-state index in [-0.39, 0.29) is 19.0 Å². The van der Waals surface area contributed by atoms with Crippen molar-refractivity contribution in [2.24, 2.45) is 11.7 Å². The van der Waals surface area contributed by atoms with Crippen LogP contribution in [0.1, 0.15) is 5.56 Å². The second kappa shape index (κ2) is 6.85. The summed E-state index contributed by atoms with van der Waals surface area (Å²) < 4.78 is 31.3. The Balaban J connectivity index is 0.00000200. The quantitative estimate of drug-likeness (QED) is 0.883. The molecule has 1 amide bonds. The second-order valence-electron chi connectivity index (χ2n) is 4.60. The van der Waals surface area contributed by atoms with Gasteiger partial charge in [-0.05, 0) is 18.1 Å². The van der Waals surface area contributed by atoms with Gasteiger partial charge >= 0.3 is 0 Å². The minimum absolute atomic E-state index is 0. The SMILES string of the molecule is Cl.NCC(F)(F)CNC(=O)C1COc2ccccc2C1. The summed E-state index contributed by atoms with van der Waals surface area (Å²) in [6.45, 7) is -1.31. The minimum atomic E-state index is -3.07. The van der Waals surface area contributed by atoms with Gasteiger partial charge in [-0.2, -0.15) is 0 Å². The third-order valence-corrected chi connectivity index (χ3v) is 3.07. The maximum atomic E-state index is 12.9. The van der Waals surface area contributed by atoms with Crippen molar-refractivity contribution in [2.75, 3.05) is 19.7 Å². The molecule has 20 heavy (non-hydrogen) atoms. The van der Waals surface area contributed by atoms with Crippen LogP contribution < -0.4 is 15.8 Å². The highest BCUT2D eigenvalue weighted by molar-refractivity contribution is 5.85. The average molecular weight is 307 g/mol. The van der Waals surface area contributed by atoms with E-state index in [9.17, 15) is 13.6 Å². The number of hydrogen-bond acceptors (Lipinski definition) is 3. The van der Waals surface area contributed by atoms with Crippen molar-refractivity contribution in [3.8, 4) is 5.75 Å². The molecule has 0 aliphatic carbocycles. The maximum Gasteiger partial charge on any atom is 0.277 e. The lowest BCUT2D eigenvalue weighted by Crippen LogP contribution is -2.45. The predicted molar refractivity (Wildman–Crippen MR) is 73.4 cm³/mol. The van der Waals surface area contributed by atoms with Crippen LogP contribution in [0.15, 0.2) is 24.3 Å². The van der Waals surface area contributed by atoms with Crippen molar-refractivity contribution in [1.29, 1.82) is 0 Å². The molecule has 7 heteroatoms. The van der Waals surface area contributed by atoms with Crippen LogP contribution in [0, 0.1) is 5.92 Å². The number of alkyl halides is 2. The molecule has 0 saturated heterocycles. The van der Waals surface area contributed by atoms with Crippen molar-refractivity contribution in [2.45, 2.75) is 12.3 Å². The Morgan fingerprint density at radius 3 is 2.85 bits per heavy atom. The molecular formula is C13H17ClF2N2O2. The summed E-state index contributed by atoms with van der Waals surface area (Å²) in [4.78, 5) is 11.8. The monoisotopic (exact) mass is 306 g/mol. The topological polar surface area (TPSA) is 64.3 Å². The van der Waals surface area contributed by atoms with Gasteiger partial charge in [0, 0.05) is 0 Å². The smallest absolute Gasteiger partial charge is 0.277 e. The van der Waals surface area contributed by atoms with E-state index in [0.717, 1.165) is 11.3 Å². The zero-order valence-electron chi connectivity index (χ0n) is 10.8. The van der Waals surface area contributed by atoms with Gasteiger partial charge in [0.25, 0.3) is 5.92 Å². The zero-order chi connectivity index (χ0) is 13.9. The summed E-state index contributed by atoms with van der Waals surface area (Å²) in [5.41, 5.74) is 5.82. The highest BCUT2D eigenvalue weighted by Crippen LogP contribution is 2.26. The largest absolute Gasteiger partial charge is 0.492 e. The summed E-state index contributed by atoms with van der Waals surface area (Å²) in [5, 5.41) is 2.23. The summed E-state index contributed by atoms with van der Waals surface area (Å²) in [5.74, 6) is -3.19. The molecule has 4 nitrogen and oxygen atoms in total. The molecule has 1 aromatic rings. The molecule has 0 fully saturated rings. The summed E-state index contributed by atoms with van der Waals surface area (Å²) in [6, 6.07) is 7.39. The molecule has 112 valence electrons. The van der Waals surface area contributed by atoms with Gasteiger partial charge in [-0.1, -0.05) is 18.2 Å². The Hall–Kier alpha value is -1.40. The Kier molecular flexibility index (Phi) is 5.71. The fourth-order valence-electron chi connectivity index (χ4n) is 1.93. The van der Waals surface area contributed by atoms with Crippen molar-refractivity contribution >= 4 is 18.3 Å². The van der Waals surface area contributed by atoms with E-state index in [0.29, 0.717) is 6.42 Å². The number of rotatable bonds is 4. The van der Waals surface area contributed by atoms with E-state index >= 15 is 0 Å². The van der Waals surface area contributed by atoms with Gasteiger partial charge in [0.1, 0.15) is 12.4 Å². The van der Waals surface area contributed by atoms with Crippen LogP contribution in [-0.2, 0) is 11.2 Å². The van der Waals surface area contributed by atoms with E-state index in [1.807, 2.05) is 24.3 Å². The number of carbonyl (C=O) groups is 1. The summed E-state index contributed by atoms with van der Waals surface area (Å²) in [6.07, 6.45) is 0.496. The van der Waals surface area contributed by atoms with E-state index in [1.165, 1.54) is 0 Å². The molecule has 1 aliphatic rings. The lowest BCUT2D eigenvalue weighted by Gasteiger charge is -2.25. The second-order valence-corrected chi connectivity index (χ2v) is 4.60. The van der Waals surface area contributed by atoms with Crippen molar-refractivity contribution in [3.05, 3.63) is 29.8 Å². The first kappa shape index (κ1) is 16.7. The molecule has 0 aromatic heterocycles. The van der Waals surface area contributed by atoms with Gasteiger partial charge in [-0.25, -0.2) is 8.78 Å². The van der Waals surface area contributed by atoms with Gasteiger partial charge in [0.05, 0.1) is 19.0 Å². The molecule has 0 spiro atoms. The number of nitrogens with two attached hydrogens (primary N) is 1. The van der Waals surface area contributed by atoms with Crippen LogP contribution in [0.2, 0.25) is 0 Å². The Labute approximate surface area is 122 Å². The fraction of sp³-hybridized carbons (Fsp3) is 0.462. The molecule has 0 saturated carbocycles. The third kappa shape index (κ3) is 4.05. The third-order valence-electron chi connectivity index (χ3n) is 3.07. The standard InChI is InChI=1S/C13H16F2N2O2.ClH/c14-13(15,7-16)8-17-12(18)10-5-9-3-1-2-4-11(9)19-6-10;/h1-4,10H,5-8,16H2,(H,17,18);1H. The molecular weight excluding hydrogens is 290 g/mol. The van der Waals surface area contributed by atoms with Crippen molar-refractivity contribution in [3.63, 3.8) is 0 Å². The normalized spacial score (nSPS) is 17.4. The Morgan fingerprint density at radius 1 is 1.45 bits per heavy atom. The number of para-hydroxylation sites is 1. The molecule has 1 aliphatic heterocycles. The van der Waals surface area contributed by atoms with E-state index in [2.05, 4.69) is 5.32 Å². The van der Waals surface area contributed by atoms with Crippen LogP contribution >= 0.6 is 12.4 Å². The molecule has 0 radical (unpaired) electrons. The van der Waals surface area contributed by atoms with Crippen LogP contribution in [0.25, 0.3) is 0 Å². The molecule has 1 atom stereocenters. The van der Waals surface area contributed by atoms with Gasteiger partial charge in [0.2, 0.25) is 5.91 Å². The number of halogens is 3. The summed E-state index contributed by atoms with van der Waals surface area (Å²) in [7, 11) is 0. The number of nitrogens with one attached hydrogen (secondary N) is 1. The van der Waals surface area contributed by atoms with Crippen LogP contribution in [0.3, 0.4) is 0 Å². The molecule has 1 unspecified atom stereocenters. The van der Waals surface area contributed by atoms with Gasteiger partial charge in [-0.15, -0.1) is 12.4 Å². The van der Waals surface area contributed by atoms with E-state index in [4.69, 9.17) is 10.5 Å². The van der Waals surface area contributed by atoms with Crippen LogP contribution in [0.4, 0.5) is 8.78 Å². The zero-order valence-corrected chi connectivity index (χ0v) is 11.6. The highest BCUT2D eigenvalue weighted by atomic mass is 35.5. The summed E-state index contributed by atoms with van der Waals surface area (Å²) >= 11 is 0. The number of ether oxygens (including phenoxy) is 1. The van der Waals surface area contributed by atoms with Gasteiger partial charge < -0.3 is 15.8 Å². The number of amides is 1. The minimum Gasteiger partial charge on any atom is -0.492 e. The Morgan fingerprint density at radius 2 is 2.15 bits per heavy atom. The number of fused-ring (bicyclic) bond motifs is 1. The lowest BCUT2D eigenvalue weighted by molar-refractivity contribution is -0.128. The predicted octanol–water partition coefficient (Wildman–Crippen LogP) is 1.37. The Bertz CT molecular complexity index is 471. The van der Waals surface area contributed by atoms with E-state index in [1.54, 1.807) is 0 Å². The first-order valence-electron chi connectivity index (χ1n) is 6.08. The van der Waals surface area contributed by atoms with E-state index < -0.39 is 30.8 Å². The molecule has 1 heterocycles. The fourth-order valence-corrected chi connectivity index (χ4v) is 1.93. The van der Waals surface area contributed by atoms with Crippen LogP contribution in [-0.4, -0.2) is 31.5 Å². The highest BCUT2D eigenvalue weighted by Gasteiger charge is 2.30. The van der Waals surface area contributed by atoms with Crippen molar-refractivity contribution in [1.82, 2.24) is 5.32 Å². The lowest BCUT2D eigenvalue weighted by atomic mass is 9.96. The van der Waals surface area contributed by atoms with Gasteiger partial charge in [-0.3, -0.25) is 4.79 Å². The number of benzene rings is 1. The molecule has 2 rings (SSSR count). The first-order chi connectivity index (χ1) is 9.02. The number of hydrogen-bond donors (Lipinski definition) is 2. The van der Waals surface area contributed by atoms with Gasteiger partial charge in [0.15, 0.2) is 0 Å². The molecule has 3 N–H and O–H groups in total. The molecule has 1 aromatic carbocycles. The maximum absolute atomic E-state index is 12.9. The first-order valence-corrected chi connectivity index (χ1v) is 6.08.